The highest BCUT2D eigenvalue weighted by Gasteiger charge is 2.28. The standard InChI is InChI=1S/C10H11F2NO/c1-14-10-5-2-3-8(13)9(5)6(11)4-7(10)12/h4,8H,2-3,13H2,1H3/t8-/m0/s1. The van der Waals surface area contributed by atoms with Crippen LogP contribution in [-0.4, -0.2) is 7.11 Å². The van der Waals surface area contributed by atoms with Gasteiger partial charge in [-0.05, 0) is 12.8 Å². The van der Waals surface area contributed by atoms with E-state index < -0.39 is 11.6 Å². The van der Waals surface area contributed by atoms with E-state index in [4.69, 9.17) is 10.5 Å². The van der Waals surface area contributed by atoms with Crippen molar-refractivity contribution in [1.29, 1.82) is 0 Å². The fourth-order valence-electron chi connectivity index (χ4n) is 1.98. The summed E-state index contributed by atoms with van der Waals surface area (Å²) in [7, 11) is 1.38. The lowest BCUT2D eigenvalue weighted by Gasteiger charge is -2.10. The van der Waals surface area contributed by atoms with Crippen molar-refractivity contribution < 1.29 is 13.5 Å². The zero-order valence-corrected chi connectivity index (χ0v) is 7.81. The van der Waals surface area contributed by atoms with E-state index in [0.29, 0.717) is 24.0 Å². The maximum atomic E-state index is 13.3. The van der Waals surface area contributed by atoms with Crippen LogP contribution in [0.5, 0.6) is 5.75 Å². The summed E-state index contributed by atoms with van der Waals surface area (Å²) in [6, 6.07) is 0.502. The number of rotatable bonds is 1. The number of benzene rings is 1. The third kappa shape index (κ3) is 1.18. The highest BCUT2D eigenvalue weighted by molar-refractivity contribution is 5.46. The molecule has 0 bridgehead atoms. The van der Waals surface area contributed by atoms with Gasteiger partial charge in [-0.25, -0.2) is 8.78 Å². The van der Waals surface area contributed by atoms with Crippen molar-refractivity contribution in [1.82, 2.24) is 0 Å². The van der Waals surface area contributed by atoms with Gasteiger partial charge in [0, 0.05) is 23.2 Å². The Hall–Kier alpha value is -1.16. The summed E-state index contributed by atoms with van der Waals surface area (Å²) in [5.41, 5.74) is 6.69. The van der Waals surface area contributed by atoms with Crippen molar-refractivity contribution >= 4 is 0 Å². The maximum Gasteiger partial charge on any atom is 0.168 e. The van der Waals surface area contributed by atoms with E-state index >= 15 is 0 Å². The average molecular weight is 199 g/mol. The molecule has 2 N–H and O–H groups in total. The second-order valence-corrected chi connectivity index (χ2v) is 3.41. The van der Waals surface area contributed by atoms with Gasteiger partial charge in [-0.2, -0.15) is 0 Å². The first-order valence-corrected chi connectivity index (χ1v) is 4.45. The van der Waals surface area contributed by atoms with Gasteiger partial charge < -0.3 is 10.5 Å². The molecule has 0 unspecified atom stereocenters. The van der Waals surface area contributed by atoms with Gasteiger partial charge in [-0.15, -0.1) is 0 Å². The molecule has 0 fully saturated rings. The summed E-state index contributed by atoms with van der Waals surface area (Å²) in [6.07, 6.45) is 1.22. The first kappa shape index (κ1) is 9.40. The molecule has 2 rings (SSSR count). The van der Waals surface area contributed by atoms with E-state index in [2.05, 4.69) is 0 Å². The molecular formula is C10H11F2NO. The summed E-state index contributed by atoms with van der Waals surface area (Å²) in [5.74, 6) is -1.09. The molecule has 4 heteroatoms. The van der Waals surface area contributed by atoms with Gasteiger partial charge in [0.25, 0.3) is 0 Å². The summed E-state index contributed by atoms with van der Waals surface area (Å²) in [5, 5.41) is 0. The highest BCUT2D eigenvalue weighted by Crippen LogP contribution is 2.38. The SMILES string of the molecule is COc1c(F)cc(F)c2c1CC[C@@H]2N. The fraction of sp³-hybridized carbons (Fsp3) is 0.400. The second-order valence-electron chi connectivity index (χ2n) is 3.41. The van der Waals surface area contributed by atoms with E-state index in [1.54, 1.807) is 0 Å². The van der Waals surface area contributed by atoms with Crippen LogP contribution >= 0.6 is 0 Å². The molecule has 14 heavy (non-hydrogen) atoms. The van der Waals surface area contributed by atoms with Gasteiger partial charge in [0.05, 0.1) is 7.11 Å². The van der Waals surface area contributed by atoms with E-state index in [1.807, 2.05) is 0 Å². The van der Waals surface area contributed by atoms with Gasteiger partial charge in [0.15, 0.2) is 11.6 Å². The summed E-state index contributed by atoms with van der Waals surface area (Å²) in [4.78, 5) is 0. The average Bonchev–Trinajstić information content (AvgIpc) is 2.49. The van der Waals surface area contributed by atoms with E-state index in [0.717, 1.165) is 6.07 Å². The molecule has 1 atom stereocenters. The minimum absolute atomic E-state index is 0.134. The van der Waals surface area contributed by atoms with Gasteiger partial charge in [-0.3, -0.25) is 0 Å². The second kappa shape index (κ2) is 3.20. The molecule has 1 aromatic rings. The van der Waals surface area contributed by atoms with Crippen molar-refractivity contribution in [2.24, 2.45) is 5.73 Å². The van der Waals surface area contributed by atoms with Crippen molar-refractivity contribution in [3.05, 3.63) is 28.8 Å². The molecule has 76 valence electrons. The quantitative estimate of drug-likeness (QED) is 0.749. The van der Waals surface area contributed by atoms with Crippen LogP contribution < -0.4 is 10.5 Å². The number of ether oxygens (including phenoxy) is 1. The zero-order valence-electron chi connectivity index (χ0n) is 7.81. The molecule has 1 aromatic carbocycles. The number of halogens is 2. The van der Waals surface area contributed by atoms with Crippen LogP contribution in [0.25, 0.3) is 0 Å². The third-order valence-corrected chi connectivity index (χ3v) is 2.61. The van der Waals surface area contributed by atoms with Gasteiger partial charge in [0.1, 0.15) is 5.82 Å². The van der Waals surface area contributed by atoms with Crippen molar-refractivity contribution in [3.8, 4) is 5.75 Å². The van der Waals surface area contributed by atoms with E-state index in [9.17, 15) is 8.78 Å². The first-order chi connectivity index (χ1) is 6.65. The third-order valence-electron chi connectivity index (χ3n) is 2.61. The van der Waals surface area contributed by atoms with Crippen LogP contribution in [0.2, 0.25) is 0 Å². The Balaban J connectivity index is 2.66. The number of fused-ring (bicyclic) bond motifs is 1. The fourth-order valence-corrected chi connectivity index (χ4v) is 1.98. The maximum absolute atomic E-state index is 13.3. The summed E-state index contributed by atoms with van der Waals surface area (Å²) < 4.78 is 31.5. The lowest BCUT2D eigenvalue weighted by atomic mass is 10.1. The lowest BCUT2D eigenvalue weighted by molar-refractivity contribution is 0.379. The minimum atomic E-state index is -0.655. The number of methoxy groups -OCH3 is 1. The monoisotopic (exact) mass is 199 g/mol. The van der Waals surface area contributed by atoms with Crippen LogP contribution in [0.15, 0.2) is 6.07 Å². The normalized spacial score (nSPS) is 19.6. The van der Waals surface area contributed by atoms with E-state index in [1.165, 1.54) is 7.11 Å². The van der Waals surface area contributed by atoms with Crippen LogP contribution in [0.4, 0.5) is 8.78 Å². The van der Waals surface area contributed by atoms with Crippen LogP contribution in [0.3, 0.4) is 0 Å². The predicted octanol–water partition coefficient (Wildman–Crippen LogP) is 1.92. The Morgan fingerprint density at radius 2 is 2.14 bits per heavy atom. The topological polar surface area (TPSA) is 35.2 Å². The van der Waals surface area contributed by atoms with Crippen LogP contribution in [0, 0.1) is 11.6 Å². The Kier molecular flexibility index (Phi) is 2.15. The summed E-state index contributed by atoms with van der Waals surface area (Å²) in [6.45, 7) is 0. The van der Waals surface area contributed by atoms with Crippen LogP contribution in [-0.2, 0) is 6.42 Å². The highest BCUT2D eigenvalue weighted by atomic mass is 19.1. The smallest absolute Gasteiger partial charge is 0.168 e. The lowest BCUT2D eigenvalue weighted by Crippen LogP contribution is -2.08. The van der Waals surface area contributed by atoms with Gasteiger partial charge in [-0.1, -0.05) is 0 Å². The molecule has 0 aromatic heterocycles. The number of hydrogen-bond acceptors (Lipinski definition) is 2. The van der Waals surface area contributed by atoms with Crippen molar-refractivity contribution in [2.75, 3.05) is 7.11 Å². The molecule has 0 saturated carbocycles. The molecule has 0 radical (unpaired) electrons. The largest absolute Gasteiger partial charge is 0.493 e. The Labute approximate surface area is 80.7 Å². The Morgan fingerprint density at radius 3 is 2.79 bits per heavy atom. The molecule has 2 nitrogen and oxygen atoms in total. The summed E-state index contributed by atoms with van der Waals surface area (Å²) >= 11 is 0. The molecule has 0 saturated heterocycles. The zero-order chi connectivity index (χ0) is 10.3. The van der Waals surface area contributed by atoms with Crippen molar-refractivity contribution in [3.63, 3.8) is 0 Å². The molecular weight excluding hydrogens is 188 g/mol. The molecule has 0 heterocycles. The molecule has 0 amide bonds. The first-order valence-electron chi connectivity index (χ1n) is 4.45. The Morgan fingerprint density at radius 1 is 1.43 bits per heavy atom. The van der Waals surface area contributed by atoms with Gasteiger partial charge in [0.2, 0.25) is 0 Å². The molecule has 1 aliphatic carbocycles. The van der Waals surface area contributed by atoms with Crippen molar-refractivity contribution in [2.45, 2.75) is 18.9 Å². The van der Waals surface area contributed by atoms with Crippen LogP contribution in [0.1, 0.15) is 23.6 Å². The molecule has 0 spiro atoms. The number of nitrogens with two attached hydrogens (primary N) is 1. The number of hydrogen-bond donors (Lipinski definition) is 1. The van der Waals surface area contributed by atoms with E-state index in [-0.39, 0.29) is 11.8 Å². The molecule has 0 aliphatic heterocycles. The predicted molar refractivity (Wildman–Crippen MR) is 48.2 cm³/mol. The minimum Gasteiger partial charge on any atom is -0.493 e. The molecule has 1 aliphatic rings. The Bertz CT molecular complexity index is 379. The van der Waals surface area contributed by atoms with Gasteiger partial charge >= 0.3 is 0 Å².